The van der Waals surface area contributed by atoms with Gasteiger partial charge in [-0.3, -0.25) is 4.31 Å². The average molecular weight is 396 g/mol. The molecule has 1 N–H and O–H groups in total. The molecule has 0 saturated heterocycles. The molecule has 0 radical (unpaired) electrons. The molecule has 0 bridgehead atoms. The summed E-state index contributed by atoms with van der Waals surface area (Å²) in [5, 5.41) is 6.24. The van der Waals surface area contributed by atoms with Crippen LogP contribution in [-0.2, 0) is 21.2 Å². The van der Waals surface area contributed by atoms with E-state index in [1.165, 1.54) is 10.6 Å². The van der Waals surface area contributed by atoms with Crippen molar-refractivity contribution in [1.29, 1.82) is 0 Å². The second kappa shape index (κ2) is 7.94. The minimum atomic E-state index is -3.26. The van der Waals surface area contributed by atoms with E-state index in [9.17, 15) is 8.42 Å². The molecule has 0 aliphatic carbocycles. The largest absolute Gasteiger partial charge is 0.382 e. The standard InChI is InChI=1S/C18H25N3O3S2/c1-4-24-9-5-8-19-18-20-16(12-25-18)14-6-7-17-15(11-14)10-13(2)21(17)26(3,22)23/h6-7,11-13H,4-5,8-10H2,1-3H3,(H,19,20)/t13-/m0/s1. The van der Waals surface area contributed by atoms with Crippen LogP contribution in [0.3, 0.4) is 0 Å². The van der Waals surface area contributed by atoms with Gasteiger partial charge in [0.25, 0.3) is 0 Å². The van der Waals surface area contributed by atoms with Crippen LogP contribution in [0, 0.1) is 0 Å². The van der Waals surface area contributed by atoms with Crippen LogP contribution < -0.4 is 9.62 Å². The molecule has 0 spiro atoms. The molecule has 0 unspecified atom stereocenters. The topological polar surface area (TPSA) is 71.5 Å². The fourth-order valence-corrected chi connectivity index (χ4v) is 5.28. The monoisotopic (exact) mass is 395 g/mol. The Kier molecular flexibility index (Phi) is 5.84. The van der Waals surface area contributed by atoms with Crippen LogP contribution in [0.25, 0.3) is 11.3 Å². The minimum absolute atomic E-state index is 0.0479. The van der Waals surface area contributed by atoms with E-state index in [1.807, 2.05) is 31.4 Å². The van der Waals surface area contributed by atoms with Gasteiger partial charge in [0.05, 0.1) is 17.6 Å². The summed E-state index contributed by atoms with van der Waals surface area (Å²) in [6, 6.07) is 5.85. The molecule has 1 aliphatic heterocycles. The van der Waals surface area contributed by atoms with Gasteiger partial charge >= 0.3 is 0 Å². The number of benzene rings is 1. The minimum Gasteiger partial charge on any atom is -0.382 e. The lowest BCUT2D eigenvalue weighted by Crippen LogP contribution is -2.34. The maximum absolute atomic E-state index is 12.0. The van der Waals surface area contributed by atoms with Gasteiger partial charge in [0.1, 0.15) is 0 Å². The summed E-state index contributed by atoms with van der Waals surface area (Å²) < 4.78 is 30.9. The van der Waals surface area contributed by atoms with Gasteiger partial charge in [0.2, 0.25) is 10.0 Å². The van der Waals surface area contributed by atoms with Crippen LogP contribution in [0.5, 0.6) is 0 Å². The number of fused-ring (bicyclic) bond motifs is 1. The van der Waals surface area contributed by atoms with Gasteiger partial charge in [0.15, 0.2) is 5.13 Å². The van der Waals surface area contributed by atoms with Gasteiger partial charge in [-0.2, -0.15) is 0 Å². The molecule has 142 valence electrons. The Hall–Kier alpha value is -1.64. The van der Waals surface area contributed by atoms with E-state index in [0.717, 1.165) is 60.2 Å². The highest BCUT2D eigenvalue weighted by molar-refractivity contribution is 7.92. The van der Waals surface area contributed by atoms with Crippen molar-refractivity contribution >= 4 is 32.2 Å². The first-order chi connectivity index (χ1) is 12.4. The van der Waals surface area contributed by atoms with E-state index < -0.39 is 10.0 Å². The summed E-state index contributed by atoms with van der Waals surface area (Å²) in [5.41, 5.74) is 3.77. The lowest BCUT2D eigenvalue weighted by Gasteiger charge is -2.21. The second-order valence-corrected chi connectivity index (χ2v) is 9.19. The Bertz CT molecular complexity index is 864. The quantitative estimate of drug-likeness (QED) is 0.694. The predicted octanol–water partition coefficient (Wildman–Crippen LogP) is 3.36. The summed E-state index contributed by atoms with van der Waals surface area (Å²) in [6.45, 7) is 6.26. The van der Waals surface area contributed by atoms with Gasteiger partial charge in [-0.25, -0.2) is 13.4 Å². The number of hydrogen-bond donors (Lipinski definition) is 1. The molecule has 8 heteroatoms. The van der Waals surface area contributed by atoms with Crippen molar-refractivity contribution in [3.8, 4) is 11.3 Å². The molecule has 6 nitrogen and oxygen atoms in total. The number of nitrogens with zero attached hydrogens (tertiary/aromatic N) is 2. The van der Waals surface area contributed by atoms with E-state index in [1.54, 1.807) is 11.3 Å². The van der Waals surface area contributed by atoms with E-state index >= 15 is 0 Å². The smallest absolute Gasteiger partial charge is 0.232 e. The molecular weight excluding hydrogens is 370 g/mol. The summed E-state index contributed by atoms with van der Waals surface area (Å²) in [6.07, 6.45) is 2.93. The maximum atomic E-state index is 12.0. The highest BCUT2D eigenvalue weighted by Crippen LogP contribution is 2.37. The average Bonchev–Trinajstić information content (AvgIpc) is 3.16. The van der Waals surface area contributed by atoms with Crippen molar-refractivity contribution in [2.45, 2.75) is 32.7 Å². The van der Waals surface area contributed by atoms with E-state index in [0.29, 0.717) is 0 Å². The molecule has 1 aliphatic rings. The van der Waals surface area contributed by atoms with Crippen molar-refractivity contribution in [3.05, 3.63) is 29.1 Å². The first kappa shape index (κ1) is 19.1. The third-order valence-electron chi connectivity index (χ3n) is 4.34. The molecule has 3 rings (SSSR count). The highest BCUT2D eigenvalue weighted by Gasteiger charge is 2.32. The van der Waals surface area contributed by atoms with Crippen molar-refractivity contribution in [2.24, 2.45) is 0 Å². The molecule has 1 atom stereocenters. The van der Waals surface area contributed by atoms with E-state index in [-0.39, 0.29) is 6.04 Å². The van der Waals surface area contributed by atoms with Gasteiger partial charge in [-0.1, -0.05) is 6.07 Å². The van der Waals surface area contributed by atoms with Crippen LogP contribution in [0.2, 0.25) is 0 Å². The number of nitrogens with one attached hydrogen (secondary N) is 1. The fourth-order valence-electron chi connectivity index (χ4n) is 3.27. The van der Waals surface area contributed by atoms with Crippen molar-refractivity contribution in [2.75, 3.05) is 35.6 Å². The summed E-state index contributed by atoms with van der Waals surface area (Å²) in [5.74, 6) is 0. The van der Waals surface area contributed by atoms with Gasteiger partial charge in [0, 0.05) is 36.7 Å². The number of anilines is 2. The van der Waals surface area contributed by atoms with E-state index in [4.69, 9.17) is 4.74 Å². The molecule has 0 fully saturated rings. The first-order valence-corrected chi connectivity index (χ1v) is 11.5. The molecule has 1 aromatic carbocycles. The van der Waals surface area contributed by atoms with Crippen LogP contribution >= 0.6 is 11.3 Å². The summed E-state index contributed by atoms with van der Waals surface area (Å²) in [4.78, 5) is 4.65. The summed E-state index contributed by atoms with van der Waals surface area (Å²) in [7, 11) is -3.26. The normalized spacial score (nSPS) is 16.7. The maximum Gasteiger partial charge on any atom is 0.232 e. The Morgan fingerprint density at radius 2 is 2.23 bits per heavy atom. The van der Waals surface area contributed by atoms with Crippen LogP contribution in [0.1, 0.15) is 25.8 Å². The zero-order valence-corrected chi connectivity index (χ0v) is 17.0. The van der Waals surface area contributed by atoms with Gasteiger partial charge in [-0.05, 0) is 44.4 Å². The van der Waals surface area contributed by atoms with Crippen molar-refractivity contribution in [3.63, 3.8) is 0 Å². The SMILES string of the molecule is CCOCCCNc1nc(-c2ccc3c(c2)C[C@H](C)N3S(C)(=O)=O)cs1. The Morgan fingerprint density at radius 3 is 2.96 bits per heavy atom. The Balaban J connectivity index is 1.71. The number of aromatic nitrogens is 1. The predicted molar refractivity (Wildman–Crippen MR) is 108 cm³/mol. The number of thiazole rings is 1. The van der Waals surface area contributed by atoms with Crippen molar-refractivity contribution < 1.29 is 13.2 Å². The van der Waals surface area contributed by atoms with Crippen molar-refractivity contribution in [1.82, 2.24) is 4.98 Å². The van der Waals surface area contributed by atoms with Crippen LogP contribution in [0.4, 0.5) is 10.8 Å². The molecule has 2 aromatic rings. The Morgan fingerprint density at radius 1 is 1.42 bits per heavy atom. The van der Waals surface area contributed by atoms with Crippen LogP contribution in [-0.4, -0.2) is 45.5 Å². The molecule has 0 amide bonds. The molecule has 0 saturated carbocycles. The fraction of sp³-hybridized carbons (Fsp3) is 0.500. The third kappa shape index (κ3) is 4.19. The van der Waals surface area contributed by atoms with Crippen LogP contribution in [0.15, 0.2) is 23.6 Å². The number of rotatable bonds is 8. The second-order valence-electron chi connectivity index (χ2n) is 6.47. The Labute approximate surface area is 159 Å². The zero-order valence-electron chi connectivity index (χ0n) is 15.4. The van der Waals surface area contributed by atoms with Gasteiger partial charge in [-0.15, -0.1) is 11.3 Å². The number of sulfonamides is 1. The zero-order chi connectivity index (χ0) is 18.7. The molecular formula is C18H25N3O3S2. The highest BCUT2D eigenvalue weighted by atomic mass is 32.2. The number of ether oxygens (including phenoxy) is 1. The lowest BCUT2D eigenvalue weighted by atomic mass is 10.1. The van der Waals surface area contributed by atoms with Gasteiger partial charge < -0.3 is 10.1 Å². The van der Waals surface area contributed by atoms with E-state index in [2.05, 4.69) is 16.4 Å². The first-order valence-electron chi connectivity index (χ1n) is 8.80. The molecule has 1 aromatic heterocycles. The number of hydrogen-bond acceptors (Lipinski definition) is 6. The lowest BCUT2D eigenvalue weighted by molar-refractivity contribution is 0.147. The summed E-state index contributed by atoms with van der Waals surface area (Å²) >= 11 is 1.58. The molecule has 2 heterocycles. The third-order valence-corrected chi connectivity index (χ3v) is 6.41. The molecule has 26 heavy (non-hydrogen) atoms.